The minimum atomic E-state index is -0.177. The van der Waals surface area contributed by atoms with Crippen LogP contribution < -0.4 is 5.32 Å². The van der Waals surface area contributed by atoms with Crippen LogP contribution in [-0.2, 0) is 4.79 Å². The van der Waals surface area contributed by atoms with E-state index < -0.39 is 0 Å². The molecule has 0 saturated heterocycles. The van der Waals surface area contributed by atoms with Crippen LogP contribution >= 0.6 is 12.6 Å². The number of carbonyl (C=O) groups is 1. The lowest BCUT2D eigenvalue weighted by Gasteiger charge is -2.18. The molecule has 0 rings (SSSR count). The summed E-state index contributed by atoms with van der Waals surface area (Å²) in [6.45, 7) is 9.23. The quantitative estimate of drug-likeness (QED) is 0.631. The molecular weight excluding hydrogens is 218 g/mol. The molecule has 96 valence electrons. The molecule has 0 aromatic heterocycles. The average molecular weight is 245 g/mol. The van der Waals surface area contributed by atoms with Crippen molar-refractivity contribution in [1.82, 2.24) is 5.32 Å². The molecule has 16 heavy (non-hydrogen) atoms. The fourth-order valence-corrected chi connectivity index (χ4v) is 1.69. The van der Waals surface area contributed by atoms with E-state index >= 15 is 0 Å². The molecule has 2 atom stereocenters. The molecule has 0 bridgehead atoms. The lowest BCUT2D eigenvalue weighted by atomic mass is 9.99. The fraction of sp³-hybridized carbons (Fsp3) is 0.923. The zero-order chi connectivity index (χ0) is 12.6. The predicted molar refractivity (Wildman–Crippen MR) is 73.9 cm³/mol. The van der Waals surface area contributed by atoms with Gasteiger partial charge in [-0.2, -0.15) is 12.6 Å². The first-order valence-electron chi connectivity index (χ1n) is 6.48. The summed E-state index contributed by atoms with van der Waals surface area (Å²) in [5.74, 6) is 0.990. The molecule has 1 amide bonds. The predicted octanol–water partition coefficient (Wildman–Crippen LogP) is 3.27. The van der Waals surface area contributed by atoms with Gasteiger partial charge in [-0.15, -0.1) is 0 Å². The van der Waals surface area contributed by atoms with Crippen molar-refractivity contribution in [3.63, 3.8) is 0 Å². The molecule has 0 saturated carbocycles. The van der Waals surface area contributed by atoms with Crippen LogP contribution in [-0.4, -0.2) is 17.7 Å². The van der Waals surface area contributed by atoms with E-state index in [0.717, 1.165) is 13.0 Å². The van der Waals surface area contributed by atoms with Crippen molar-refractivity contribution < 1.29 is 4.79 Å². The second kappa shape index (κ2) is 8.91. The SMILES string of the molecule is CCCCC(CC)CNC(=O)C(S)C(C)C. The molecular formula is C13H27NOS. The molecule has 0 aliphatic rings. The topological polar surface area (TPSA) is 29.1 Å². The first-order valence-corrected chi connectivity index (χ1v) is 7.00. The van der Waals surface area contributed by atoms with Crippen LogP contribution in [0.1, 0.15) is 53.4 Å². The van der Waals surface area contributed by atoms with Gasteiger partial charge < -0.3 is 5.32 Å². The Balaban J connectivity index is 3.87. The zero-order valence-electron chi connectivity index (χ0n) is 11.1. The highest BCUT2D eigenvalue weighted by Gasteiger charge is 2.18. The Kier molecular flexibility index (Phi) is 8.81. The number of rotatable bonds is 8. The van der Waals surface area contributed by atoms with E-state index in [-0.39, 0.29) is 11.2 Å². The minimum absolute atomic E-state index is 0.0771. The summed E-state index contributed by atoms with van der Waals surface area (Å²) in [5.41, 5.74) is 0. The number of thiol groups is 1. The first-order chi connectivity index (χ1) is 7.52. The zero-order valence-corrected chi connectivity index (χ0v) is 12.0. The van der Waals surface area contributed by atoms with Crippen LogP contribution in [0, 0.1) is 11.8 Å². The third-order valence-corrected chi connectivity index (χ3v) is 3.84. The molecule has 0 radical (unpaired) electrons. The van der Waals surface area contributed by atoms with E-state index in [1.165, 1.54) is 19.3 Å². The van der Waals surface area contributed by atoms with E-state index in [1.54, 1.807) is 0 Å². The van der Waals surface area contributed by atoms with Gasteiger partial charge in [-0.3, -0.25) is 4.79 Å². The normalized spacial score (nSPS) is 14.9. The highest BCUT2D eigenvalue weighted by Crippen LogP contribution is 2.13. The van der Waals surface area contributed by atoms with Crippen LogP contribution in [0.15, 0.2) is 0 Å². The molecule has 0 aromatic rings. The van der Waals surface area contributed by atoms with Gasteiger partial charge in [-0.25, -0.2) is 0 Å². The lowest BCUT2D eigenvalue weighted by molar-refractivity contribution is -0.121. The summed E-state index contributed by atoms with van der Waals surface area (Å²) in [7, 11) is 0. The Bertz CT molecular complexity index is 194. The molecule has 1 N–H and O–H groups in total. The van der Waals surface area contributed by atoms with E-state index in [2.05, 4.69) is 31.8 Å². The number of hydrogen-bond donors (Lipinski definition) is 2. The van der Waals surface area contributed by atoms with Gasteiger partial charge in [0.2, 0.25) is 5.91 Å². The Morgan fingerprint density at radius 2 is 1.94 bits per heavy atom. The van der Waals surface area contributed by atoms with Crippen LogP contribution in [0.5, 0.6) is 0 Å². The van der Waals surface area contributed by atoms with Gasteiger partial charge >= 0.3 is 0 Å². The Labute approximate surface area is 106 Å². The lowest BCUT2D eigenvalue weighted by Crippen LogP contribution is -2.37. The number of carbonyl (C=O) groups excluding carboxylic acids is 1. The number of nitrogens with one attached hydrogen (secondary N) is 1. The van der Waals surface area contributed by atoms with Crippen molar-refractivity contribution in [1.29, 1.82) is 0 Å². The van der Waals surface area contributed by atoms with Gasteiger partial charge in [0.25, 0.3) is 0 Å². The number of unbranched alkanes of at least 4 members (excludes halogenated alkanes) is 1. The van der Waals surface area contributed by atoms with Gasteiger partial charge in [0.05, 0.1) is 5.25 Å². The van der Waals surface area contributed by atoms with Crippen molar-refractivity contribution in [3.05, 3.63) is 0 Å². The Morgan fingerprint density at radius 1 is 1.31 bits per heavy atom. The van der Waals surface area contributed by atoms with Crippen molar-refractivity contribution >= 4 is 18.5 Å². The maximum Gasteiger partial charge on any atom is 0.233 e. The molecule has 2 nitrogen and oxygen atoms in total. The molecule has 3 heteroatoms. The van der Waals surface area contributed by atoms with Gasteiger partial charge in [0.15, 0.2) is 0 Å². The summed E-state index contributed by atoms with van der Waals surface area (Å²) in [5, 5.41) is 2.83. The second-order valence-corrected chi connectivity index (χ2v) is 5.41. The van der Waals surface area contributed by atoms with Gasteiger partial charge in [-0.05, 0) is 18.3 Å². The standard InChI is InChI=1S/C13H27NOS/c1-5-7-8-11(6-2)9-14-13(15)12(16)10(3)4/h10-12,16H,5-9H2,1-4H3,(H,14,15). The molecule has 0 aliphatic carbocycles. The summed E-state index contributed by atoms with van der Waals surface area (Å²) in [6, 6.07) is 0. The van der Waals surface area contributed by atoms with Crippen LogP contribution in [0.25, 0.3) is 0 Å². The van der Waals surface area contributed by atoms with E-state index in [0.29, 0.717) is 11.8 Å². The smallest absolute Gasteiger partial charge is 0.233 e. The molecule has 0 aromatic carbocycles. The summed E-state index contributed by atoms with van der Waals surface area (Å²) in [4.78, 5) is 11.7. The van der Waals surface area contributed by atoms with Crippen LogP contribution in [0.3, 0.4) is 0 Å². The van der Waals surface area contributed by atoms with Crippen molar-refractivity contribution in [2.24, 2.45) is 11.8 Å². The molecule has 0 fully saturated rings. The molecule has 0 spiro atoms. The maximum absolute atomic E-state index is 11.7. The summed E-state index contributed by atoms with van der Waals surface area (Å²) in [6.07, 6.45) is 4.83. The van der Waals surface area contributed by atoms with E-state index in [9.17, 15) is 4.79 Å². The van der Waals surface area contributed by atoms with Crippen molar-refractivity contribution in [2.75, 3.05) is 6.54 Å². The summed E-state index contributed by atoms with van der Waals surface area (Å²) >= 11 is 4.31. The van der Waals surface area contributed by atoms with Gasteiger partial charge in [0, 0.05) is 6.54 Å². The monoisotopic (exact) mass is 245 g/mol. The average Bonchev–Trinajstić information content (AvgIpc) is 2.27. The van der Waals surface area contributed by atoms with Gasteiger partial charge in [0.1, 0.15) is 0 Å². The van der Waals surface area contributed by atoms with Crippen LogP contribution in [0.2, 0.25) is 0 Å². The first kappa shape index (κ1) is 15.8. The van der Waals surface area contributed by atoms with Crippen LogP contribution in [0.4, 0.5) is 0 Å². The number of amides is 1. The number of hydrogen-bond acceptors (Lipinski definition) is 2. The van der Waals surface area contributed by atoms with E-state index in [4.69, 9.17) is 0 Å². The van der Waals surface area contributed by atoms with E-state index in [1.807, 2.05) is 13.8 Å². The molecule has 2 unspecified atom stereocenters. The van der Waals surface area contributed by atoms with Gasteiger partial charge in [-0.1, -0.05) is 47.0 Å². The third-order valence-electron chi connectivity index (χ3n) is 3.01. The third kappa shape index (κ3) is 6.41. The highest BCUT2D eigenvalue weighted by atomic mass is 32.1. The molecule has 0 heterocycles. The maximum atomic E-state index is 11.7. The molecule has 0 aliphatic heterocycles. The highest BCUT2D eigenvalue weighted by molar-refractivity contribution is 7.81. The largest absolute Gasteiger partial charge is 0.355 e. The Morgan fingerprint density at radius 3 is 2.38 bits per heavy atom. The Hall–Kier alpha value is -0.180. The van der Waals surface area contributed by atoms with Crippen molar-refractivity contribution in [2.45, 2.75) is 58.6 Å². The second-order valence-electron chi connectivity index (χ2n) is 4.85. The minimum Gasteiger partial charge on any atom is -0.355 e. The van der Waals surface area contributed by atoms with Crippen molar-refractivity contribution in [3.8, 4) is 0 Å². The fourth-order valence-electron chi connectivity index (χ4n) is 1.60. The summed E-state index contributed by atoms with van der Waals surface area (Å²) < 4.78 is 0.